The van der Waals surface area contributed by atoms with Crippen molar-refractivity contribution in [1.82, 2.24) is 4.90 Å². The van der Waals surface area contributed by atoms with E-state index < -0.39 is 5.54 Å². The van der Waals surface area contributed by atoms with E-state index >= 15 is 0 Å². The molecule has 2 aliphatic carbocycles. The van der Waals surface area contributed by atoms with Crippen molar-refractivity contribution in [3.8, 4) is 0 Å². The van der Waals surface area contributed by atoms with Gasteiger partial charge in [-0.05, 0) is 42.5 Å². The summed E-state index contributed by atoms with van der Waals surface area (Å²) in [6.07, 6.45) is 7.07. The number of carbonyl (C=O) groups excluding carboxylic acids is 1. The fourth-order valence-electron chi connectivity index (χ4n) is 4.06. The summed E-state index contributed by atoms with van der Waals surface area (Å²) in [5.41, 5.74) is 7.36. The van der Waals surface area contributed by atoms with Gasteiger partial charge in [0, 0.05) is 16.9 Å². The van der Waals surface area contributed by atoms with Crippen LogP contribution in [-0.4, -0.2) is 23.8 Å². The summed E-state index contributed by atoms with van der Waals surface area (Å²) < 4.78 is 0.972. The van der Waals surface area contributed by atoms with Gasteiger partial charge in [-0.1, -0.05) is 34.1 Å². The molecule has 1 amide bonds. The number of nitrogens with zero attached hydrogens (tertiary/aromatic N) is 2. The maximum absolute atomic E-state index is 12.8. The zero-order valence-electron chi connectivity index (χ0n) is 11.8. The molecule has 1 aliphatic heterocycles. The van der Waals surface area contributed by atoms with Crippen LogP contribution in [0, 0.1) is 0 Å². The number of rotatable bonds is 0. The van der Waals surface area contributed by atoms with Crippen LogP contribution in [0.1, 0.15) is 30.4 Å². The molecule has 0 saturated heterocycles. The van der Waals surface area contributed by atoms with Crippen LogP contribution in [0.4, 0.5) is 0 Å². The smallest absolute Gasteiger partial charge is 0.261 e. The van der Waals surface area contributed by atoms with Gasteiger partial charge in [0.15, 0.2) is 11.5 Å². The van der Waals surface area contributed by atoms with E-state index in [1.807, 2.05) is 12.1 Å². The maximum atomic E-state index is 12.8. The normalized spacial score (nSPS) is 28.8. The van der Waals surface area contributed by atoms with E-state index in [-0.39, 0.29) is 11.3 Å². The largest absolute Gasteiger partial charge is 0.369 e. The molecule has 0 fully saturated rings. The van der Waals surface area contributed by atoms with Gasteiger partial charge in [-0.3, -0.25) is 9.69 Å². The number of allylic oxidation sites excluding steroid dienone is 2. The molecule has 0 bridgehead atoms. The SMILES string of the molecule is CN1C(=O)C2(CC3(CC=CC3)c3ccc(Br)cc32)N=C1N. The third-order valence-electron chi connectivity index (χ3n) is 5.08. The number of benzene rings is 1. The molecular weight excluding hydrogens is 330 g/mol. The molecule has 1 aromatic rings. The molecule has 3 aliphatic rings. The summed E-state index contributed by atoms with van der Waals surface area (Å²) in [5.74, 6) is 0.303. The molecule has 0 aromatic heterocycles. The lowest BCUT2D eigenvalue weighted by Crippen LogP contribution is -2.40. The van der Waals surface area contributed by atoms with Crippen LogP contribution in [0.2, 0.25) is 0 Å². The van der Waals surface area contributed by atoms with E-state index in [9.17, 15) is 4.79 Å². The minimum Gasteiger partial charge on any atom is -0.369 e. The molecular formula is C16H16BrN3O. The number of likely N-dealkylation sites (N-methyl/N-ethyl adjacent to an activating group) is 1. The Morgan fingerprint density at radius 3 is 2.62 bits per heavy atom. The Balaban J connectivity index is 1.97. The number of fused-ring (bicyclic) bond motifs is 3. The summed E-state index contributed by atoms with van der Waals surface area (Å²) in [7, 11) is 1.70. The highest BCUT2D eigenvalue weighted by molar-refractivity contribution is 9.10. The first-order chi connectivity index (χ1) is 9.98. The first-order valence-corrected chi connectivity index (χ1v) is 7.87. The lowest BCUT2D eigenvalue weighted by Gasteiger charge is -2.26. The van der Waals surface area contributed by atoms with E-state index in [4.69, 9.17) is 5.73 Å². The molecule has 21 heavy (non-hydrogen) atoms. The zero-order valence-corrected chi connectivity index (χ0v) is 13.4. The lowest BCUT2D eigenvalue weighted by atomic mass is 9.78. The minimum absolute atomic E-state index is 0.000648. The fourth-order valence-corrected chi connectivity index (χ4v) is 4.42. The van der Waals surface area contributed by atoms with Gasteiger partial charge < -0.3 is 5.73 Å². The predicted octanol–water partition coefficient (Wildman–Crippen LogP) is 2.42. The Morgan fingerprint density at radius 1 is 1.29 bits per heavy atom. The van der Waals surface area contributed by atoms with Gasteiger partial charge in [0.2, 0.25) is 0 Å². The van der Waals surface area contributed by atoms with Crippen molar-refractivity contribution in [3.05, 3.63) is 46.0 Å². The number of hydrogen-bond acceptors (Lipinski definition) is 3. The van der Waals surface area contributed by atoms with Gasteiger partial charge in [-0.15, -0.1) is 0 Å². The number of halogens is 1. The highest BCUT2D eigenvalue weighted by Crippen LogP contribution is 2.58. The van der Waals surface area contributed by atoms with Crippen LogP contribution in [0.3, 0.4) is 0 Å². The number of aliphatic imine (C=N–C) groups is 1. The van der Waals surface area contributed by atoms with Crippen molar-refractivity contribution in [2.45, 2.75) is 30.2 Å². The second-order valence-corrected chi connectivity index (χ2v) is 7.14. The van der Waals surface area contributed by atoms with Crippen molar-refractivity contribution in [1.29, 1.82) is 0 Å². The van der Waals surface area contributed by atoms with Crippen LogP contribution < -0.4 is 5.73 Å². The van der Waals surface area contributed by atoms with E-state index in [2.05, 4.69) is 39.1 Å². The van der Waals surface area contributed by atoms with Crippen LogP contribution in [0.25, 0.3) is 0 Å². The van der Waals surface area contributed by atoms with Gasteiger partial charge in [0.05, 0.1) is 0 Å². The lowest BCUT2D eigenvalue weighted by molar-refractivity contribution is -0.130. The molecule has 108 valence electrons. The predicted molar refractivity (Wildman–Crippen MR) is 84.9 cm³/mol. The second kappa shape index (κ2) is 3.97. The molecule has 1 heterocycles. The molecule has 5 heteroatoms. The summed E-state index contributed by atoms with van der Waals surface area (Å²) in [5, 5.41) is 0. The molecule has 4 nitrogen and oxygen atoms in total. The van der Waals surface area contributed by atoms with Crippen LogP contribution in [0.5, 0.6) is 0 Å². The minimum atomic E-state index is -0.829. The average molecular weight is 346 g/mol. The third-order valence-corrected chi connectivity index (χ3v) is 5.58. The van der Waals surface area contributed by atoms with Gasteiger partial charge in [-0.2, -0.15) is 0 Å². The maximum Gasteiger partial charge on any atom is 0.261 e. The van der Waals surface area contributed by atoms with Crippen molar-refractivity contribution < 1.29 is 4.79 Å². The molecule has 1 aromatic carbocycles. The molecule has 4 rings (SSSR count). The Hall–Kier alpha value is -1.62. The van der Waals surface area contributed by atoms with E-state index in [0.29, 0.717) is 12.4 Å². The third kappa shape index (κ3) is 1.50. The van der Waals surface area contributed by atoms with E-state index in [0.717, 1.165) is 22.9 Å². The molecule has 2 N–H and O–H groups in total. The molecule has 0 radical (unpaired) electrons. The molecule has 1 unspecified atom stereocenters. The van der Waals surface area contributed by atoms with Crippen LogP contribution in [-0.2, 0) is 15.7 Å². The van der Waals surface area contributed by atoms with Gasteiger partial charge in [-0.25, -0.2) is 4.99 Å². The molecule has 1 atom stereocenters. The summed E-state index contributed by atoms with van der Waals surface area (Å²) in [4.78, 5) is 18.9. The van der Waals surface area contributed by atoms with Crippen molar-refractivity contribution in [2.75, 3.05) is 7.05 Å². The highest BCUT2D eigenvalue weighted by Gasteiger charge is 2.59. The van der Waals surface area contributed by atoms with Crippen molar-refractivity contribution in [2.24, 2.45) is 10.7 Å². The second-order valence-electron chi connectivity index (χ2n) is 6.22. The highest BCUT2D eigenvalue weighted by atomic mass is 79.9. The zero-order chi connectivity index (χ0) is 14.8. The van der Waals surface area contributed by atoms with Crippen molar-refractivity contribution in [3.63, 3.8) is 0 Å². The van der Waals surface area contributed by atoms with Gasteiger partial charge in [0.1, 0.15) is 0 Å². The van der Waals surface area contributed by atoms with Crippen LogP contribution >= 0.6 is 15.9 Å². The first-order valence-electron chi connectivity index (χ1n) is 7.08. The van der Waals surface area contributed by atoms with Crippen molar-refractivity contribution >= 4 is 27.8 Å². The summed E-state index contributed by atoms with van der Waals surface area (Å²) in [6.45, 7) is 0. The summed E-state index contributed by atoms with van der Waals surface area (Å²) >= 11 is 3.52. The molecule has 0 saturated carbocycles. The summed E-state index contributed by atoms with van der Waals surface area (Å²) in [6, 6.07) is 6.23. The standard InChI is InChI=1S/C16H16BrN3O/c1-20-13(21)16(19-14(20)18)9-15(6-2-3-7-15)11-5-4-10(17)8-12(11)16/h2-5,8H,6-7,9H2,1H3,(H2,18,19). The van der Waals surface area contributed by atoms with Gasteiger partial charge >= 0.3 is 0 Å². The topological polar surface area (TPSA) is 58.7 Å². The van der Waals surface area contributed by atoms with Gasteiger partial charge in [0.25, 0.3) is 5.91 Å². The Kier molecular flexibility index (Phi) is 2.47. The Morgan fingerprint density at radius 2 is 2.00 bits per heavy atom. The average Bonchev–Trinajstić information content (AvgIpc) is 3.08. The van der Waals surface area contributed by atoms with E-state index in [1.165, 1.54) is 10.5 Å². The molecule has 2 spiro atoms. The monoisotopic (exact) mass is 345 g/mol. The van der Waals surface area contributed by atoms with Crippen LogP contribution in [0.15, 0.2) is 39.8 Å². The number of amides is 1. The fraction of sp³-hybridized carbons (Fsp3) is 0.375. The Labute approximate surface area is 131 Å². The number of carbonyl (C=O) groups is 1. The quantitative estimate of drug-likeness (QED) is 0.734. The Bertz CT molecular complexity index is 716. The number of guanidine groups is 1. The number of hydrogen-bond donors (Lipinski definition) is 1. The van der Waals surface area contributed by atoms with E-state index in [1.54, 1.807) is 7.05 Å². The number of nitrogens with two attached hydrogens (primary N) is 1. The first kappa shape index (κ1) is 13.1.